The van der Waals surface area contributed by atoms with Gasteiger partial charge in [0.05, 0.1) is 0 Å². The molecule has 7 heteroatoms. The van der Waals surface area contributed by atoms with Crippen LogP contribution in [-0.2, 0) is 0 Å². The van der Waals surface area contributed by atoms with Crippen molar-refractivity contribution in [2.75, 3.05) is 13.1 Å². The number of rotatable bonds is 5. The SMILES string of the molecule is Cc1c(C(=O)NCCNC(=O)c2ccc(Cl)cc2)oc2ccc(Cl)cc12. The van der Waals surface area contributed by atoms with Crippen molar-refractivity contribution in [3.05, 3.63) is 69.4 Å². The van der Waals surface area contributed by atoms with E-state index in [-0.39, 0.29) is 30.7 Å². The fourth-order valence-corrected chi connectivity index (χ4v) is 2.84. The van der Waals surface area contributed by atoms with Crippen molar-refractivity contribution in [1.29, 1.82) is 0 Å². The number of nitrogens with one attached hydrogen (secondary N) is 2. The van der Waals surface area contributed by atoms with Gasteiger partial charge >= 0.3 is 0 Å². The molecule has 0 spiro atoms. The molecule has 0 aliphatic carbocycles. The molecule has 2 amide bonds. The minimum absolute atomic E-state index is 0.231. The highest BCUT2D eigenvalue weighted by Crippen LogP contribution is 2.27. The number of fused-ring (bicyclic) bond motifs is 1. The third-order valence-corrected chi connectivity index (χ3v) is 4.39. The van der Waals surface area contributed by atoms with Crippen LogP contribution in [0.5, 0.6) is 0 Å². The van der Waals surface area contributed by atoms with Crippen LogP contribution in [0.25, 0.3) is 11.0 Å². The lowest BCUT2D eigenvalue weighted by atomic mass is 10.1. The molecular formula is C19H16Cl2N2O3. The Balaban J connectivity index is 1.55. The lowest BCUT2D eigenvalue weighted by molar-refractivity contribution is 0.0911. The molecule has 0 fully saturated rings. The van der Waals surface area contributed by atoms with Gasteiger partial charge in [-0.25, -0.2) is 0 Å². The van der Waals surface area contributed by atoms with Gasteiger partial charge in [0.25, 0.3) is 11.8 Å². The second-order valence-electron chi connectivity index (χ2n) is 5.72. The molecule has 134 valence electrons. The van der Waals surface area contributed by atoms with Gasteiger partial charge in [0.2, 0.25) is 0 Å². The van der Waals surface area contributed by atoms with E-state index in [0.717, 1.165) is 10.9 Å². The van der Waals surface area contributed by atoms with Gasteiger partial charge in [0.15, 0.2) is 5.76 Å². The number of amides is 2. The van der Waals surface area contributed by atoms with Gasteiger partial charge in [-0.15, -0.1) is 0 Å². The Morgan fingerprint density at radius 2 is 1.54 bits per heavy atom. The minimum atomic E-state index is -0.337. The summed E-state index contributed by atoms with van der Waals surface area (Å²) in [6, 6.07) is 11.8. The zero-order valence-electron chi connectivity index (χ0n) is 13.9. The van der Waals surface area contributed by atoms with E-state index < -0.39 is 0 Å². The third-order valence-electron chi connectivity index (χ3n) is 3.91. The molecule has 0 radical (unpaired) electrons. The summed E-state index contributed by atoms with van der Waals surface area (Å²) in [7, 11) is 0. The standard InChI is InChI=1S/C19H16Cl2N2O3/c1-11-15-10-14(21)6-7-16(15)26-17(11)19(25)23-9-8-22-18(24)12-2-4-13(20)5-3-12/h2-7,10H,8-9H2,1H3,(H,22,24)(H,23,25). The molecular weight excluding hydrogens is 375 g/mol. The van der Waals surface area contributed by atoms with Crippen LogP contribution in [-0.4, -0.2) is 24.9 Å². The molecule has 0 aliphatic rings. The molecule has 0 atom stereocenters. The number of benzene rings is 2. The van der Waals surface area contributed by atoms with E-state index in [1.165, 1.54) is 0 Å². The Hall–Kier alpha value is -2.50. The van der Waals surface area contributed by atoms with Crippen molar-refractivity contribution in [3.63, 3.8) is 0 Å². The fourth-order valence-electron chi connectivity index (χ4n) is 2.55. The molecule has 1 heterocycles. The van der Waals surface area contributed by atoms with Crippen molar-refractivity contribution in [2.24, 2.45) is 0 Å². The number of hydrogen-bond acceptors (Lipinski definition) is 3. The largest absolute Gasteiger partial charge is 0.451 e. The molecule has 26 heavy (non-hydrogen) atoms. The van der Waals surface area contributed by atoms with Crippen LogP contribution in [0.4, 0.5) is 0 Å². The summed E-state index contributed by atoms with van der Waals surface area (Å²) in [4.78, 5) is 24.3. The molecule has 2 aromatic carbocycles. The van der Waals surface area contributed by atoms with Crippen LogP contribution in [0.15, 0.2) is 46.9 Å². The van der Waals surface area contributed by atoms with Crippen LogP contribution in [0.3, 0.4) is 0 Å². The third kappa shape index (κ3) is 4.00. The maximum atomic E-state index is 12.3. The second-order valence-corrected chi connectivity index (χ2v) is 6.59. The van der Waals surface area contributed by atoms with E-state index in [0.29, 0.717) is 21.2 Å². The Kier molecular flexibility index (Phi) is 5.49. The zero-order valence-corrected chi connectivity index (χ0v) is 15.4. The lowest BCUT2D eigenvalue weighted by Crippen LogP contribution is -2.34. The number of carbonyl (C=O) groups is 2. The van der Waals surface area contributed by atoms with Crippen LogP contribution in [0.1, 0.15) is 26.5 Å². The summed E-state index contributed by atoms with van der Waals surface area (Å²) in [6.45, 7) is 2.37. The molecule has 0 bridgehead atoms. The summed E-state index contributed by atoms with van der Waals surface area (Å²) >= 11 is 11.8. The van der Waals surface area contributed by atoms with Crippen molar-refractivity contribution < 1.29 is 14.0 Å². The van der Waals surface area contributed by atoms with Gasteiger partial charge in [0, 0.05) is 39.6 Å². The highest BCUT2D eigenvalue weighted by Gasteiger charge is 2.17. The van der Waals surface area contributed by atoms with Crippen LogP contribution < -0.4 is 10.6 Å². The van der Waals surface area contributed by atoms with Gasteiger partial charge in [-0.2, -0.15) is 0 Å². The molecule has 5 nitrogen and oxygen atoms in total. The van der Waals surface area contributed by atoms with Crippen molar-refractivity contribution in [2.45, 2.75) is 6.92 Å². The molecule has 3 aromatic rings. The minimum Gasteiger partial charge on any atom is -0.451 e. The number of furan rings is 1. The van der Waals surface area contributed by atoms with Crippen LogP contribution in [0, 0.1) is 6.92 Å². The van der Waals surface area contributed by atoms with Gasteiger partial charge in [-0.1, -0.05) is 23.2 Å². The first-order valence-corrected chi connectivity index (χ1v) is 8.72. The maximum Gasteiger partial charge on any atom is 0.287 e. The molecule has 0 aliphatic heterocycles. The zero-order chi connectivity index (χ0) is 18.7. The average Bonchev–Trinajstić information content (AvgIpc) is 2.95. The summed E-state index contributed by atoms with van der Waals surface area (Å²) in [5.74, 6) is -0.327. The normalized spacial score (nSPS) is 10.7. The Labute approximate surface area is 160 Å². The molecule has 2 N–H and O–H groups in total. The number of carbonyl (C=O) groups excluding carboxylic acids is 2. The van der Waals surface area contributed by atoms with E-state index in [1.807, 2.05) is 0 Å². The van der Waals surface area contributed by atoms with Gasteiger partial charge in [0.1, 0.15) is 5.58 Å². The molecule has 3 rings (SSSR count). The summed E-state index contributed by atoms with van der Waals surface area (Å²) in [5, 5.41) is 7.41. The fraction of sp³-hybridized carbons (Fsp3) is 0.158. The Bertz CT molecular complexity index is 965. The van der Waals surface area contributed by atoms with Crippen LogP contribution in [0.2, 0.25) is 10.0 Å². The lowest BCUT2D eigenvalue weighted by Gasteiger charge is -2.06. The predicted molar refractivity (Wildman–Crippen MR) is 102 cm³/mol. The number of aryl methyl sites for hydroxylation is 1. The number of halogens is 2. The first-order chi connectivity index (χ1) is 12.5. The predicted octanol–water partition coefficient (Wildman–Crippen LogP) is 4.21. The topological polar surface area (TPSA) is 71.3 Å². The van der Waals surface area contributed by atoms with Crippen LogP contribution >= 0.6 is 23.2 Å². The van der Waals surface area contributed by atoms with Gasteiger partial charge in [-0.05, 0) is 49.4 Å². The molecule has 0 unspecified atom stereocenters. The van der Waals surface area contributed by atoms with E-state index in [4.69, 9.17) is 27.6 Å². The monoisotopic (exact) mass is 390 g/mol. The summed E-state index contributed by atoms with van der Waals surface area (Å²) < 4.78 is 5.60. The van der Waals surface area contributed by atoms with E-state index in [9.17, 15) is 9.59 Å². The maximum absolute atomic E-state index is 12.3. The summed E-state index contributed by atoms with van der Waals surface area (Å²) in [5.41, 5.74) is 1.84. The van der Waals surface area contributed by atoms with E-state index in [2.05, 4.69) is 10.6 Å². The highest BCUT2D eigenvalue weighted by atomic mass is 35.5. The van der Waals surface area contributed by atoms with E-state index in [1.54, 1.807) is 49.4 Å². The van der Waals surface area contributed by atoms with Crippen molar-refractivity contribution in [3.8, 4) is 0 Å². The van der Waals surface area contributed by atoms with Gasteiger partial charge < -0.3 is 15.1 Å². The van der Waals surface area contributed by atoms with Crippen molar-refractivity contribution in [1.82, 2.24) is 10.6 Å². The summed E-state index contributed by atoms with van der Waals surface area (Å²) in [6.07, 6.45) is 0. The van der Waals surface area contributed by atoms with Crippen molar-refractivity contribution >= 4 is 46.0 Å². The first-order valence-electron chi connectivity index (χ1n) is 7.96. The quantitative estimate of drug-likeness (QED) is 0.641. The number of hydrogen-bond donors (Lipinski definition) is 2. The Morgan fingerprint density at radius 1 is 0.923 bits per heavy atom. The average molecular weight is 391 g/mol. The highest BCUT2D eigenvalue weighted by molar-refractivity contribution is 6.31. The molecule has 0 saturated carbocycles. The second kappa shape index (κ2) is 7.81. The smallest absolute Gasteiger partial charge is 0.287 e. The van der Waals surface area contributed by atoms with Gasteiger partial charge in [-0.3, -0.25) is 9.59 Å². The molecule has 0 saturated heterocycles. The Morgan fingerprint density at radius 3 is 2.23 bits per heavy atom. The van der Waals surface area contributed by atoms with E-state index >= 15 is 0 Å². The first kappa shape index (κ1) is 18.3. The molecule has 1 aromatic heterocycles.